The van der Waals surface area contributed by atoms with E-state index < -0.39 is 28.3 Å². The van der Waals surface area contributed by atoms with Crippen LogP contribution in [0.5, 0.6) is 0 Å². The summed E-state index contributed by atoms with van der Waals surface area (Å²) in [5.41, 5.74) is -0.144. The quantitative estimate of drug-likeness (QED) is 0.606. The molecule has 1 amide bonds. The first-order chi connectivity index (χ1) is 10.3. The number of nitriles is 1. The van der Waals surface area contributed by atoms with Crippen molar-refractivity contribution in [1.29, 1.82) is 5.26 Å². The summed E-state index contributed by atoms with van der Waals surface area (Å²) in [7, 11) is -3.50. The average molecular weight is 345 g/mol. The Bertz CT molecular complexity index is 724. The molecule has 118 valence electrons. The van der Waals surface area contributed by atoms with Gasteiger partial charge >= 0.3 is 5.97 Å². The van der Waals surface area contributed by atoms with E-state index in [0.29, 0.717) is 0 Å². The van der Waals surface area contributed by atoms with Crippen LogP contribution in [0, 0.1) is 11.3 Å². The summed E-state index contributed by atoms with van der Waals surface area (Å²) in [5.74, 6) is -1.48. The number of hydrogen-bond acceptors (Lipinski definition) is 6. The van der Waals surface area contributed by atoms with Crippen LogP contribution in [0.1, 0.15) is 16.8 Å². The molecule has 0 atom stereocenters. The number of ether oxygens (including phenoxy) is 1. The third kappa shape index (κ3) is 5.35. The molecular weight excluding hydrogens is 332 g/mol. The predicted octanol–water partition coefficient (Wildman–Crippen LogP) is 0.930. The molecule has 0 heterocycles. The zero-order chi connectivity index (χ0) is 16.8. The summed E-state index contributed by atoms with van der Waals surface area (Å²) >= 11 is 5.83. The van der Waals surface area contributed by atoms with E-state index in [9.17, 15) is 18.0 Å². The van der Waals surface area contributed by atoms with Crippen LogP contribution in [0.15, 0.2) is 23.1 Å². The van der Waals surface area contributed by atoms with Gasteiger partial charge in [0.05, 0.1) is 28.0 Å². The number of nitrogens with one attached hydrogen (secondary N) is 1. The molecule has 9 heteroatoms. The van der Waals surface area contributed by atoms with Gasteiger partial charge < -0.3 is 10.1 Å². The fourth-order valence-electron chi connectivity index (χ4n) is 1.41. The summed E-state index contributed by atoms with van der Waals surface area (Å²) in [6.07, 6.45) is 1.13. The molecule has 22 heavy (non-hydrogen) atoms. The number of halogens is 1. The molecule has 0 saturated carbocycles. The standard InChI is InChI=1S/C13H13ClN2O5S/c1-22(19,20)9-3-4-11(14)10(7-9)13(18)21-8-12(17)16-6-2-5-15/h3-4,7H,2,6,8H2,1H3,(H,16,17). The number of benzene rings is 1. The molecule has 7 nitrogen and oxygen atoms in total. The van der Waals surface area contributed by atoms with E-state index in [0.717, 1.165) is 12.3 Å². The molecule has 1 aromatic carbocycles. The molecule has 0 radical (unpaired) electrons. The average Bonchev–Trinajstić information content (AvgIpc) is 2.44. The number of nitrogens with zero attached hydrogens (tertiary/aromatic N) is 1. The van der Waals surface area contributed by atoms with Gasteiger partial charge in [-0.15, -0.1) is 0 Å². The van der Waals surface area contributed by atoms with E-state index in [2.05, 4.69) is 5.32 Å². The summed E-state index contributed by atoms with van der Waals surface area (Å²) in [6, 6.07) is 5.47. The first kappa shape index (κ1) is 17.9. The van der Waals surface area contributed by atoms with Crippen molar-refractivity contribution in [2.45, 2.75) is 11.3 Å². The minimum absolute atomic E-state index is 0.0160. The Morgan fingerprint density at radius 1 is 1.41 bits per heavy atom. The maximum atomic E-state index is 11.8. The predicted molar refractivity (Wildman–Crippen MR) is 78.1 cm³/mol. The van der Waals surface area contributed by atoms with Gasteiger partial charge in [0, 0.05) is 12.8 Å². The van der Waals surface area contributed by atoms with Gasteiger partial charge in [0.2, 0.25) is 0 Å². The molecule has 1 N–H and O–H groups in total. The first-order valence-corrected chi connectivity index (χ1v) is 8.33. The van der Waals surface area contributed by atoms with Crippen LogP contribution >= 0.6 is 11.6 Å². The number of sulfone groups is 1. The molecule has 0 aromatic heterocycles. The Hall–Kier alpha value is -2.11. The van der Waals surface area contributed by atoms with Crippen LogP contribution < -0.4 is 5.32 Å². The molecule has 0 spiro atoms. The number of rotatable bonds is 6. The van der Waals surface area contributed by atoms with Crippen molar-refractivity contribution in [3.63, 3.8) is 0 Å². The molecule has 0 fully saturated rings. The SMILES string of the molecule is CS(=O)(=O)c1ccc(Cl)c(C(=O)OCC(=O)NCCC#N)c1. The third-order valence-corrected chi connectivity index (χ3v) is 3.92. The Morgan fingerprint density at radius 2 is 2.09 bits per heavy atom. The number of carbonyl (C=O) groups excluding carboxylic acids is 2. The Morgan fingerprint density at radius 3 is 2.68 bits per heavy atom. The lowest BCUT2D eigenvalue weighted by molar-refractivity contribution is -0.124. The Labute approximate surface area is 132 Å². The topological polar surface area (TPSA) is 113 Å². The number of hydrogen-bond donors (Lipinski definition) is 1. The molecule has 0 aliphatic rings. The molecule has 0 unspecified atom stereocenters. The summed E-state index contributed by atoms with van der Waals surface area (Å²) in [5, 5.41) is 10.7. The van der Waals surface area contributed by atoms with Crippen LogP contribution in [0.3, 0.4) is 0 Å². The maximum absolute atomic E-state index is 11.8. The monoisotopic (exact) mass is 344 g/mol. The Kier molecular flexibility index (Phi) is 6.34. The van der Waals surface area contributed by atoms with E-state index in [1.54, 1.807) is 0 Å². The lowest BCUT2D eigenvalue weighted by Gasteiger charge is -2.08. The molecule has 0 bridgehead atoms. The van der Waals surface area contributed by atoms with Gasteiger partial charge in [-0.2, -0.15) is 5.26 Å². The van der Waals surface area contributed by atoms with Gasteiger partial charge in [-0.3, -0.25) is 4.79 Å². The zero-order valence-corrected chi connectivity index (χ0v) is 13.2. The first-order valence-electron chi connectivity index (χ1n) is 6.06. The van der Waals surface area contributed by atoms with Crippen molar-refractivity contribution >= 4 is 33.3 Å². The van der Waals surface area contributed by atoms with Crippen LogP contribution in [-0.4, -0.2) is 39.7 Å². The third-order valence-electron chi connectivity index (χ3n) is 2.48. The fraction of sp³-hybridized carbons (Fsp3) is 0.308. The van der Waals surface area contributed by atoms with Gasteiger partial charge in [0.25, 0.3) is 5.91 Å². The fourth-order valence-corrected chi connectivity index (χ4v) is 2.25. The molecule has 1 aromatic rings. The lowest BCUT2D eigenvalue weighted by atomic mass is 10.2. The van der Waals surface area contributed by atoms with Crippen LogP contribution in [-0.2, 0) is 19.4 Å². The molecule has 0 aliphatic heterocycles. The molecule has 1 rings (SSSR count). The Balaban J connectivity index is 2.74. The molecule has 0 aliphatic carbocycles. The van der Waals surface area contributed by atoms with Crippen LogP contribution in [0.2, 0.25) is 5.02 Å². The number of amides is 1. The number of esters is 1. The van der Waals surface area contributed by atoms with Crippen molar-refractivity contribution in [2.75, 3.05) is 19.4 Å². The van der Waals surface area contributed by atoms with Gasteiger partial charge in [0.1, 0.15) is 0 Å². The highest BCUT2D eigenvalue weighted by Gasteiger charge is 2.17. The second-order valence-electron chi connectivity index (χ2n) is 4.25. The van der Waals surface area contributed by atoms with Crippen LogP contribution in [0.25, 0.3) is 0 Å². The van der Waals surface area contributed by atoms with E-state index in [1.165, 1.54) is 12.1 Å². The van der Waals surface area contributed by atoms with E-state index >= 15 is 0 Å². The highest BCUT2D eigenvalue weighted by atomic mass is 35.5. The highest BCUT2D eigenvalue weighted by Crippen LogP contribution is 2.21. The summed E-state index contributed by atoms with van der Waals surface area (Å²) in [6.45, 7) is -0.402. The van der Waals surface area contributed by atoms with Gasteiger partial charge in [0.15, 0.2) is 16.4 Å². The normalized spacial score (nSPS) is 10.6. The van der Waals surface area contributed by atoms with Gasteiger partial charge in [-0.1, -0.05) is 11.6 Å². The maximum Gasteiger partial charge on any atom is 0.340 e. The smallest absolute Gasteiger partial charge is 0.340 e. The number of carbonyl (C=O) groups is 2. The van der Waals surface area contributed by atoms with Crippen molar-refractivity contribution in [1.82, 2.24) is 5.32 Å². The second kappa shape index (κ2) is 7.77. The molecule has 0 saturated heterocycles. The van der Waals surface area contributed by atoms with Crippen LogP contribution in [0.4, 0.5) is 0 Å². The summed E-state index contributed by atoms with van der Waals surface area (Å²) < 4.78 is 27.6. The van der Waals surface area contributed by atoms with Gasteiger partial charge in [-0.25, -0.2) is 13.2 Å². The minimum atomic E-state index is -3.50. The van der Waals surface area contributed by atoms with Crippen molar-refractivity contribution < 1.29 is 22.7 Å². The van der Waals surface area contributed by atoms with Crippen molar-refractivity contribution in [3.05, 3.63) is 28.8 Å². The molecular formula is C13H13ClN2O5S. The van der Waals surface area contributed by atoms with Crippen molar-refractivity contribution in [2.24, 2.45) is 0 Å². The second-order valence-corrected chi connectivity index (χ2v) is 6.67. The van der Waals surface area contributed by atoms with Crippen molar-refractivity contribution in [3.8, 4) is 6.07 Å². The minimum Gasteiger partial charge on any atom is -0.452 e. The summed E-state index contributed by atoms with van der Waals surface area (Å²) in [4.78, 5) is 23.1. The van der Waals surface area contributed by atoms with Gasteiger partial charge in [-0.05, 0) is 18.2 Å². The lowest BCUT2D eigenvalue weighted by Crippen LogP contribution is -2.29. The van der Waals surface area contributed by atoms with E-state index in [-0.39, 0.29) is 28.4 Å². The zero-order valence-electron chi connectivity index (χ0n) is 11.6. The highest BCUT2D eigenvalue weighted by molar-refractivity contribution is 7.90. The van der Waals surface area contributed by atoms with E-state index in [4.69, 9.17) is 21.6 Å². The largest absolute Gasteiger partial charge is 0.452 e. The van der Waals surface area contributed by atoms with E-state index in [1.807, 2.05) is 6.07 Å².